The Morgan fingerprint density at radius 2 is 2.50 bits per heavy atom. The molecule has 0 aromatic carbocycles. The Morgan fingerprint density at radius 1 is 1.62 bits per heavy atom. The predicted molar refractivity (Wildman–Crippen MR) is 31.6 cm³/mol. The third kappa shape index (κ3) is 0.510. The van der Waals surface area contributed by atoms with Gasteiger partial charge < -0.3 is 4.74 Å². The van der Waals surface area contributed by atoms with Gasteiger partial charge in [0.15, 0.2) is 0 Å². The van der Waals surface area contributed by atoms with Gasteiger partial charge in [0.05, 0.1) is 0 Å². The molecule has 0 amide bonds. The Morgan fingerprint density at radius 3 is 3.00 bits per heavy atom. The molecule has 1 unspecified atom stereocenters. The summed E-state index contributed by atoms with van der Waals surface area (Å²) in [6.45, 7) is 4.42. The maximum atomic E-state index is 5.29. The summed E-state index contributed by atoms with van der Waals surface area (Å²) in [6, 6.07) is 0. The van der Waals surface area contributed by atoms with E-state index in [2.05, 4.69) is 6.92 Å². The molecule has 0 bridgehead atoms. The topological polar surface area (TPSA) is 9.23 Å². The molecule has 2 rings (SSSR count). The quantitative estimate of drug-likeness (QED) is 0.460. The molecular formula is C7H12O. The molecule has 1 nitrogen and oxygen atoms in total. The third-order valence-corrected chi connectivity index (χ3v) is 2.67. The fraction of sp³-hybridized carbons (Fsp3) is 1.00. The molecule has 8 heavy (non-hydrogen) atoms. The highest BCUT2D eigenvalue weighted by atomic mass is 16.5. The predicted octanol–water partition coefficient (Wildman–Crippen LogP) is 1.43. The first-order valence-electron chi connectivity index (χ1n) is 3.39. The van der Waals surface area contributed by atoms with E-state index in [4.69, 9.17) is 4.74 Å². The van der Waals surface area contributed by atoms with Crippen molar-refractivity contribution in [2.24, 2.45) is 11.3 Å². The van der Waals surface area contributed by atoms with Gasteiger partial charge in [-0.2, -0.15) is 0 Å². The van der Waals surface area contributed by atoms with Crippen LogP contribution >= 0.6 is 0 Å². The Bertz CT molecular complexity index is 109. The summed E-state index contributed by atoms with van der Waals surface area (Å²) in [5, 5.41) is 0. The van der Waals surface area contributed by atoms with E-state index in [9.17, 15) is 0 Å². The van der Waals surface area contributed by atoms with Gasteiger partial charge in [-0.1, -0.05) is 6.92 Å². The van der Waals surface area contributed by atoms with Crippen LogP contribution in [0, 0.1) is 11.3 Å². The minimum Gasteiger partial charge on any atom is -0.381 e. The molecule has 1 heteroatoms. The summed E-state index contributed by atoms with van der Waals surface area (Å²) in [5.74, 6) is 0.927. The maximum absolute atomic E-state index is 5.29. The molecule has 1 saturated heterocycles. The Labute approximate surface area is 50.0 Å². The van der Waals surface area contributed by atoms with E-state index in [1.54, 1.807) is 0 Å². The van der Waals surface area contributed by atoms with E-state index in [0.29, 0.717) is 0 Å². The van der Waals surface area contributed by atoms with Gasteiger partial charge in [0, 0.05) is 13.2 Å². The van der Waals surface area contributed by atoms with Crippen molar-refractivity contribution in [1.82, 2.24) is 0 Å². The van der Waals surface area contributed by atoms with Crippen molar-refractivity contribution >= 4 is 0 Å². The monoisotopic (exact) mass is 112 g/mol. The number of fused-ring (bicyclic) bond motifs is 1. The standard InChI is InChI=1S/C7H12O/c1-7-2-3-8-5-6(7)4-7/h6H,2-5H2,1H3/t6?,7-/m1/s1. The molecule has 0 aromatic heterocycles. The lowest BCUT2D eigenvalue weighted by atomic mass is 10.0. The van der Waals surface area contributed by atoms with E-state index in [1.165, 1.54) is 12.8 Å². The smallest absolute Gasteiger partial charge is 0.0499 e. The average molecular weight is 112 g/mol. The normalized spacial score (nSPS) is 52.9. The van der Waals surface area contributed by atoms with E-state index in [0.717, 1.165) is 24.5 Å². The highest BCUT2D eigenvalue weighted by Gasteiger charge is 2.51. The van der Waals surface area contributed by atoms with Gasteiger partial charge in [0.2, 0.25) is 0 Å². The minimum absolute atomic E-state index is 0.720. The van der Waals surface area contributed by atoms with Crippen LogP contribution in [0.15, 0.2) is 0 Å². The van der Waals surface area contributed by atoms with E-state index in [1.807, 2.05) is 0 Å². The first kappa shape index (κ1) is 4.80. The van der Waals surface area contributed by atoms with Crippen LogP contribution in [0.4, 0.5) is 0 Å². The SMILES string of the molecule is C[C@]12CCOCC1C2. The van der Waals surface area contributed by atoms with Crippen LogP contribution in [0.3, 0.4) is 0 Å². The molecule has 2 aliphatic rings. The lowest BCUT2D eigenvalue weighted by Gasteiger charge is -2.16. The summed E-state index contributed by atoms with van der Waals surface area (Å²) in [7, 11) is 0. The molecule has 0 aromatic rings. The van der Waals surface area contributed by atoms with Gasteiger partial charge in [0.1, 0.15) is 0 Å². The molecule has 1 heterocycles. The largest absolute Gasteiger partial charge is 0.381 e. The second kappa shape index (κ2) is 1.27. The molecule has 1 aliphatic carbocycles. The highest BCUT2D eigenvalue weighted by molar-refractivity contribution is 5.00. The zero-order valence-electron chi connectivity index (χ0n) is 5.31. The van der Waals surface area contributed by atoms with Crippen molar-refractivity contribution in [1.29, 1.82) is 0 Å². The molecule has 0 N–H and O–H groups in total. The first-order valence-corrected chi connectivity index (χ1v) is 3.39. The summed E-state index contributed by atoms with van der Waals surface area (Å²) in [4.78, 5) is 0. The number of ether oxygens (including phenoxy) is 1. The average Bonchev–Trinajstić information content (AvgIpc) is 2.39. The molecule has 2 atom stereocenters. The van der Waals surface area contributed by atoms with Crippen LogP contribution in [0.1, 0.15) is 19.8 Å². The zero-order valence-corrected chi connectivity index (χ0v) is 5.31. The van der Waals surface area contributed by atoms with Crippen molar-refractivity contribution in [3.8, 4) is 0 Å². The molecule has 1 saturated carbocycles. The Hall–Kier alpha value is -0.0400. The lowest BCUT2D eigenvalue weighted by molar-refractivity contribution is 0.0667. The fourth-order valence-electron chi connectivity index (χ4n) is 1.60. The van der Waals surface area contributed by atoms with Crippen LogP contribution in [-0.4, -0.2) is 13.2 Å². The highest BCUT2D eigenvalue weighted by Crippen LogP contribution is 2.56. The zero-order chi connectivity index (χ0) is 5.61. The van der Waals surface area contributed by atoms with Gasteiger partial charge in [-0.15, -0.1) is 0 Å². The van der Waals surface area contributed by atoms with Gasteiger partial charge >= 0.3 is 0 Å². The van der Waals surface area contributed by atoms with Crippen LogP contribution < -0.4 is 0 Å². The third-order valence-electron chi connectivity index (χ3n) is 2.67. The summed E-state index contributed by atoms with van der Waals surface area (Å²) >= 11 is 0. The summed E-state index contributed by atoms with van der Waals surface area (Å²) < 4.78 is 5.29. The van der Waals surface area contributed by atoms with E-state index >= 15 is 0 Å². The Balaban J connectivity index is 2.04. The van der Waals surface area contributed by atoms with Gasteiger partial charge in [-0.25, -0.2) is 0 Å². The van der Waals surface area contributed by atoms with Crippen molar-refractivity contribution in [3.63, 3.8) is 0 Å². The van der Waals surface area contributed by atoms with Crippen LogP contribution in [0.2, 0.25) is 0 Å². The summed E-state index contributed by atoms with van der Waals surface area (Å²) in [5.41, 5.74) is 0.720. The van der Waals surface area contributed by atoms with Gasteiger partial charge in [-0.05, 0) is 24.2 Å². The second-order valence-corrected chi connectivity index (χ2v) is 3.38. The van der Waals surface area contributed by atoms with E-state index in [-0.39, 0.29) is 0 Å². The fourth-order valence-corrected chi connectivity index (χ4v) is 1.60. The molecule has 2 fully saturated rings. The lowest BCUT2D eigenvalue weighted by Crippen LogP contribution is -2.14. The van der Waals surface area contributed by atoms with Crippen molar-refractivity contribution in [2.75, 3.05) is 13.2 Å². The number of rotatable bonds is 0. The van der Waals surface area contributed by atoms with Gasteiger partial charge in [0.25, 0.3) is 0 Å². The molecule has 1 aliphatic heterocycles. The first-order chi connectivity index (χ1) is 3.81. The number of hydrogen-bond acceptors (Lipinski definition) is 1. The molecule has 46 valence electrons. The molecular weight excluding hydrogens is 100 g/mol. The van der Waals surface area contributed by atoms with Crippen LogP contribution in [0.5, 0.6) is 0 Å². The minimum atomic E-state index is 0.720. The van der Waals surface area contributed by atoms with Crippen LogP contribution in [-0.2, 0) is 4.74 Å². The number of hydrogen-bond donors (Lipinski definition) is 0. The van der Waals surface area contributed by atoms with Crippen LogP contribution in [0.25, 0.3) is 0 Å². The van der Waals surface area contributed by atoms with Crippen molar-refractivity contribution in [3.05, 3.63) is 0 Å². The molecule has 0 radical (unpaired) electrons. The Kier molecular flexibility index (Phi) is 0.762. The summed E-state index contributed by atoms with van der Waals surface area (Å²) in [6.07, 6.45) is 2.73. The van der Waals surface area contributed by atoms with E-state index < -0.39 is 0 Å². The maximum Gasteiger partial charge on any atom is 0.0499 e. The van der Waals surface area contributed by atoms with Crippen molar-refractivity contribution in [2.45, 2.75) is 19.8 Å². The van der Waals surface area contributed by atoms with Gasteiger partial charge in [-0.3, -0.25) is 0 Å². The second-order valence-electron chi connectivity index (χ2n) is 3.38. The molecule has 0 spiro atoms. The van der Waals surface area contributed by atoms with Crippen molar-refractivity contribution < 1.29 is 4.74 Å².